The van der Waals surface area contributed by atoms with Crippen LogP contribution in [-0.2, 0) is 23.2 Å². The first-order valence-corrected chi connectivity index (χ1v) is 12.2. The molecule has 3 N–H and O–H groups in total. The second-order valence-corrected chi connectivity index (χ2v) is 9.32. The van der Waals surface area contributed by atoms with Crippen LogP contribution in [0.15, 0.2) is 36.5 Å². The average Bonchev–Trinajstić information content (AvgIpc) is 3.42. The zero-order valence-corrected chi connectivity index (χ0v) is 20.5. The molecule has 0 spiro atoms. The van der Waals surface area contributed by atoms with Gasteiger partial charge < -0.3 is 16.0 Å². The minimum Gasteiger partial charge on any atom is -0.353 e. The predicted octanol–water partition coefficient (Wildman–Crippen LogP) is 2.53. The topological polar surface area (TPSA) is 111 Å². The number of fused-ring (bicyclic) bond motifs is 2. The van der Waals surface area contributed by atoms with Crippen molar-refractivity contribution < 1.29 is 14.0 Å². The molecule has 2 aromatic carbocycles. The summed E-state index contributed by atoms with van der Waals surface area (Å²) in [4.78, 5) is 26.2. The van der Waals surface area contributed by atoms with E-state index in [-0.39, 0.29) is 30.1 Å². The number of piperidine rings is 1. The van der Waals surface area contributed by atoms with Crippen LogP contribution in [0, 0.1) is 5.82 Å². The maximum Gasteiger partial charge on any atom is 0.241 e. The zero-order chi connectivity index (χ0) is 25.4. The molecule has 10 heteroatoms. The first kappa shape index (κ1) is 23.9. The fraction of sp³-hybridized carbons (Fsp3) is 0.385. The van der Waals surface area contributed by atoms with Crippen LogP contribution >= 0.6 is 0 Å². The van der Waals surface area contributed by atoms with E-state index in [1.807, 2.05) is 36.2 Å². The van der Waals surface area contributed by atoms with Gasteiger partial charge in [0.2, 0.25) is 11.8 Å². The molecule has 0 aliphatic carbocycles. The number of rotatable bonds is 6. The van der Waals surface area contributed by atoms with Crippen LogP contribution in [0.2, 0.25) is 0 Å². The molecule has 5 rings (SSSR count). The molecule has 1 aliphatic rings. The molecule has 1 fully saturated rings. The molecular weight excluding hydrogens is 461 g/mol. The van der Waals surface area contributed by atoms with Crippen LogP contribution in [0.5, 0.6) is 0 Å². The second kappa shape index (κ2) is 9.69. The molecule has 0 radical (unpaired) electrons. The highest BCUT2D eigenvalue weighted by atomic mass is 19.1. The molecule has 4 aromatic rings. The van der Waals surface area contributed by atoms with Crippen molar-refractivity contribution in [3.63, 3.8) is 0 Å². The number of halogens is 1. The molecule has 3 heterocycles. The van der Waals surface area contributed by atoms with Gasteiger partial charge in [0, 0.05) is 62.4 Å². The molecule has 1 aliphatic heterocycles. The number of carbonyl (C=O) groups excluding carboxylic acids is 2. The van der Waals surface area contributed by atoms with Gasteiger partial charge in [0.1, 0.15) is 12.4 Å². The van der Waals surface area contributed by atoms with Gasteiger partial charge in [0.15, 0.2) is 0 Å². The second-order valence-electron chi connectivity index (χ2n) is 9.32. The Morgan fingerprint density at radius 3 is 2.67 bits per heavy atom. The van der Waals surface area contributed by atoms with Crippen LogP contribution in [0.3, 0.4) is 0 Å². The Morgan fingerprint density at radius 2 is 1.94 bits per heavy atom. The van der Waals surface area contributed by atoms with E-state index in [1.165, 1.54) is 6.07 Å². The zero-order valence-electron chi connectivity index (χ0n) is 20.5. The van der Waals surface area contributed by atoms with Crippen molar-refractivity contribution >= 4 is 33.6 Å². The van der Waals surface area contributed by atoms with E-state index < -0.39 is 0 Å². The molecule has 2 aromatic heterocycles. The van der Waals surface area contributed by atoms with E-state index in [1.54, 1.807) is 22.5 Å². The smallest absolute Gasteiger partial charge is 0.241 e. The number of benzene rings is 2. The van der Waals surface area contributed by atoms with Gasteiger partial charge in [0.05, 0.1) is 22.9 Å². The van der Waals surface area contributed by atoms with E-state index in [2.05, 4.69) is 10.4 Å². The molecule has 2 amide bonds. The van der Waals surface area contributed by atoms with Crippen LogP contribution < -0.4 is 11.1 Å². The van der Waals surface area contributed by atoms with Crippen LogP contribution in [-0.4, -0.2) is 62.5 Å². The van der Waals surface area contributed by atoms with E-state index in [9.17, 15) is 9.59 Å². The molecule has 36 heavy (non-hydrogen) atoms. The third-order valence-electron chi connectivity index (χ3n) is 7.02. The number of aryl methyl sites for hydroxylation is 1. The Bertz CT molecular complexity index is 1450. The maximum absolute atomic E-state index is 15.4. The summed E-state index contributed by atoms with van der Waals surface area (Å²) in [6.45, 7) is 3.64. The highest BCUT2D eigenvalue weighted by molar-refractivity contribution is 5.99. The lowest BCUT2D eigenvalue weighted by atomic mass is 9.89. The lowest BCUT2D eigenvalue weighted by Crippen LogP contribution is -2.36. The SMILES string of the molecule is CC(=O)N1CCC(c2nn(CC(=O)NCCN)c3cccc(-c4cc5c(cnn5C)cc4F)c23)CC1. The average molecular weight is 492 g/mol. The number of hydrogen-bond acceptors (Lipinski definition) is 5. The number of amides is 2. The lowest BCUT2D eigenvalue weighted by molar-refractivity contribution is -0.129. The van der Waals surface area contributed by atoms with Crippen molar-refractivity contribution in [3.8, 4) is 11.1 Å². The largest absolute Gasteiger partial charge is 0.353 e. The fourth-order valence-electron chi connectivity index (χ4n) is 5.14. The Kier molecular flexibility index (Phi) is 6.44. The van der Waals surface area contributed by atoms with Gasteiger partial charge >= 0.3 is 0 Å². The van der Waals surface area contributed by atoms with Gasteiger partial charge in [-0.15, -0.1) is 0 Å². The number of nitrogens with two attached hydrogens (primary N) is 1. The normalized spacial score (nSPS) is 14.6. The van der Waals surface area contributed by atoms with Crippen molar-refractivity contribution in [2.24, 2.45) is 12.8 Å². The van der Waals surface area contributed by atoms with Crippen molar-refractivity contribution in [1.82, 2.24) is 29.8 Å². The van der Waals surface area contributed by atoms with Gasteiger partial charge in [0.25, 0.3) is 0 Å². The van der Waals surface area contributed by atoms with E-state index >= 15 is 4.39 Å². The first-order valence-electron chi connectivity index (χ1n) is 12.2. The molecule has 9 nitrogen and oxygen atoms in total. The summed E-state index contributed by atoms with van der Waals surface area (Å²) < 4.78 is 18.8. The van der Waals surface area contributed by atoms with Crippen LogP contribution in [0.25, 0.3) is 32.9 Å². The predicted molar refractivity (Wildman–Crippen MR) is 136 cm³/mol. The summed E-state index contributed by atoms with van der Waals surface area (Å²) in [7, 11) is 1.83. The number of carbonyl (C=O) groups is 2. The number of nitrogens with one attached hydrogen (secondary N) is 1. The summed E-state index contributed by atoms with van der Waals surface area (Å²) in [6.07, 6.45) is 3.15. The molecule has 0 unspecified atom stereocenters. The number of hydrogen-bond donors (Lipinski definition) is 2. The summed E-state index contributed by atoms with van der Waals surface area (Å²) in [5.74, 6) is -0.377. The number of nitrogens with zero attached hydrogens (tertiary/aromatic N) is 5. The third-order valence-corrected chi connectivity index (χ3v) is 7.02. The fourth-order valence-corrected chi connectivity index (χ4v) is 5.14. The van der Waals surface area contributed by atoms with Gasteiger partial charge in [-0.25, -0.2) is 4.39 Å². The summed E-state index contributed by atoms with van der Waals surface area (Å²) >= 11 is 0. The van der Waals surface area contributed by atoms with Crippen molar-refractivity contribution in [2.75, 3.05) is 26.2 Å². The summed E-state index contributed by atoms with van der Waals surface area (Å²) in [6, 6.07) is 9.00. The highest BCUT2D eigenvalue weighted by Crippen LogP contribution is 2.39. The molecule has 0 saturated carbocycles. The number of likely N-dealkylation sites (tertiary alicyclic amines) is 1. The number of aromatic nitrogens is 4. The van der Waals surface area contributed by atoms with Crippen molar-refractivity contribution in [2.45, 2.75) is 32.2 Å². The molecule has 1 saturated heterocycles. The molecule has 0 bridgehead atoms. The minimum atomic E-state index is -0.339. The highest BCUT2D eigenvalue weighted by Gasteiger charge is 2.28. The standard InChI is InChI=1S/C26H30FN7O2/c1-16(35)33-10-6-17(7-11-33)26-25-19(20-13-23-18(12-21(20)27)14-30-32(23)2)4-3-5-22(25)34(31-26)15-24(36)29-9-8-28/h3-5,12-14,17H,6-11,15,28H2,1-2H3,(H,29,36). The van der Waals surface area contributed by atoms with Crippen molar-refractivity contribution in [3.05, 3.63) is 48.0 Å². The monoisotopic (exact) mass is 491 g/mol. The Labute approximate surface area is 208 Å². The Hall–Kier alpha value is -3.79. The van der Waals surface area contributed by atoms with E-state index in [0.29, 0.717) is 31.7 Å². The maximum atomic E-state index is 15.4. The van der Waals surface area contributed by atoms with E-state index in [4.69, 9.17) is 10.8 Å². The molecule has 188 valence electrons. The van der Waals surface area contributed by atoms with E-state index in [0.717, 1.165) is 45.9 Å². The van der Waals surface area contributed by atoms with Gasteiger partial charge in [-0.1, -0.05) is 12.1 Å². The van der Waals surface area contributed by atoms with Gasteiger partial charge in [-0.3, -0.25) is 19.0 Å². The van der Waals surface area contributed by atoms with Gasteiger partial charge in [-0.05, 0) is 36.6 Å². The Balaban J connectivity index is 1.65. The first-order chi connectivity index (χ1) is 17.4. The van der Waals surface area contributed by atoms with Crippen molar-refractivity contribution in [1.29, 1.82) is 0 Å². The van der Waals surface area contributed by atoms with Crippen LogP contribution in [0.1, 0.15) is 31.4 Å². The van der Waals surface area contributed by atoms with Crippen LogP contribution in [0.4, 0.5) is 4.39 Å². The van der Waals surface area contributed by atoms with Gasteiger partial charge in [-0.2, -0.15) is 10.2 Å². The Morgan fingerprint density at radius 1 is 1.17 bits per heavy atom. The quantitative estimate of drug-likeness (QED) is 0.431. The molecular formula is C26H30FN7O2. The summed E-state index contributed by atoms with van der Waals surface area (Å²) in [5.41, 5.74) is 9.15. The minimum absolute atomic E-state index is 0.0372. The molecule has 0 atom stereocenters. The summed E-state index contributed by atoms with van der Waals surface area (Å²) in [5, 5.41) is 13.5. The third kappa shape index (κ3) is 4.32. The lowest BCUT2D eigenvalue weighted by Gasteiger charge is -2.30.